The fourth-order valence-electron chi connectivity index (χ4n) is 8.37. The van der Waals surface area contributed by atoms with Crippen molar-refractivity contribution in [2.24, 2.45) is 5.92 Å². The number of aryl methyl sites for hydroxylation is 1. The van der Waals surface area contributed by atoms with Crippen LogP contribution in [0.1, 0.15) is 76.2 Å². The SMILES string of the molecule is Cc1nc2ccccc2n1[C@H]1C[C@H]2CC[C@@H](C1)N2CCC1(c2cccc(F)c2)CCN(C(=O)[C@@H](NC(=O)CCl)C(C)C)CC1. The molecule has 0 unspecified atom stereocenters. The van der Waals surface area contributed by atoms with Crippen molar-refractivity contribution in [1.29, 1.82) is 0 Å². The highest BCUT2D eigenvalue weighted by atomic mass is 35.5. The predicted molar refractivity (Wildman–Crippen MR) is 172 cm³/mol. The molecule has 0 radical (unpaired) electrons. The summed E-state index contributed by atoms with van der Waals surface area (Å²) in [7, 11) is 0. The lowest BCUT2D eigenvalue weighted by molar-refractivity contribution is -0.138. The molecule has 44 heavy (non-hydrogen) atoms. The van der Waals surface area contributed by atoms with Gasteiger partial charge in [0.2, 0.25) is 11.8 Å². The van der Waals surface area contributed by atoms with Crippen molar-refractivity contribution in [1.82, 2.24) is 24.7 Å². The third-order valence-corrected chi connectivity index (χ3v) is 10.9. The molecular formula is C35H45ClFN5O2. The number of nitrogens with zero attached hydrogens (tertiary/aromatic N) is 4. The van der Waals surface area contributed by atoms with Gasteiger partial charge in [0.15, 0.2) is 0 Å². The summed E-state index contributed by atoms with van der Waals surface area (Å²) in [5.74, 6) is 0.266. The third-order valence-electron chi connectivity index (χ3n) is 10.7. The Bertz CT molecular complexity index is 1490. The number of fused-ring (bicyclic) bond motifs is 3. The number of carbonyl (C=O) groups is 2. The first-order chi connectivity index (χ1) is 21.2. The average molecular weight is 622 g/mol. The predicted octanol–water partition coefficient (Wildman–Crippen LogP) is 5.98. The van der Waals surface area contributed by atoms with Crippen LogP contribution in [0.2, 0.25) is 0 Å². The molecule has 2 amide bonds. The number of benzene rings is 2. The van der Waals surface area contributed by atoms with E-state index in [1.807, 2.05) is 24.8 Å². The summed E-state index contributed by atoms with van der Waals surface area (Å²) in [4.78, 5) is 35.0. The third kappa shape index (κ3) is 6.00. The van der Waals surface area contributed by atoms with E-state index in [-0.39, 0.29) is 34.8 Å². The van der Waals surface area contributed by atoms with Crippen LogP contribution in [0.4, 0.5) is 4.39 Å². The number of hydrogen-bond acceptors (Lipinski definition) is 4. The molecule has 1 aromatic heterocycles. The van der Waals surface area contributed by atoms with Crippen molar-refractivity contribution in [2.45, 2.75) is 95.3 Å². The number of carbonyl (C=O) groups excluding carboxylic acids is 2. The van der Waals surface area contributed by atoms with E-state index in [1.165, 1.54) is 24.4 Å². The number of amides is 2. The number of hydrogen-bond donors (Lipinski definition) is 1. The number of nitrogens with one attached hydrogen (secondary N) is 1. The molecule has 9 heteroatoms. The van der Waals surface area contributed by atoms with Crippen molar-refractivity contribution in [2.75, 3.05) is 25.5 Å². The van der Waals surface area contributed by atoms with Gasteiger partial charge in [0.05, 0.1) is 11.0 Å². The summed E-state index contributed by atoms with van der Waals surface area (Å²) in [6, 6.07) is 16.5. The standard InChI is InChI=1S/C35H45ClFN5O2/c1-23(2)33(39-32(43)22-36)34(44)40-16-13-35(14-17-40,25-7-6-8-26(37)19-25)15-18-41-27-11-12-28(41)21-29(20-27)42-24(3)38-30-9-4-5-10-31(30)42/h4-10,19,23,27-29,33H,11-18,20-22H2,1-3H3,(H,39,43)/t27-,28+,29+,33-/m0/s1. The van der Waals surface area contributed by atoms with Gasteiger partial charge in [-0.05, 0) is 99.6 Å². The minimum Gasteiger partial charge on any atom is -0.343 e. The van der Waals surface area contributed by atoms with E-state index >= 15 is 0 Å². The average Bonchev–Trinajstić information content (AvgIpc) is 3.48. The number of para-hydroxylation sites is 2. The Morgan fingerprint density at radius 2 is 1.75 bits per heavy atom. The first kappa shape index (κ1) is 31.0. The highest BCUT2D eigenvalue weighted by Gasteiger charge is 2.44. The molecule has 3 fully saturated rings. The topological polar surface area (TPSA) is 70.5 Å². The number of likely N-dealkylation sites (tertiary alicyclic amines) is 1. The van der Waals surface area contributed by atoms with Gasteiger partial charge in [-0.2, -0.15) is 0 Å². The zero-order valence-corrected chi connectivity index (χ0v) is 26.9. The maximum atomic E-state index is 14.6. The van der Waals surface area contributed by atoms with Crippen molar-refractivity contribution in [3.05, 3.63) is 65.7 Å². The maximum Gasteiger partial charge on any atom is 0.245 e. The van der Waals surface area contributed by atoms with E-state index in [9.17, 15) is 14.0 Å². The van der Waals surface area contributed by atoms with Gasteiger partial charge in [0, 0.05) is 31.2 Å². The monoisotopic (exact) mass is 621 g/mol. The summed E-state index contributed by atoms with van der Waals surface area (Å²) in [5, 5.41) is 2.81. The molecule has 2 bridgehead atoms. The van der Waals surface area contributed by atoms with Gasteiger partial charge in [-0.3, -0.25) is 14.5 Å². The van der Waals surface area contributed by atoms with Crippen LogP contribution in [-0.4, -0.2) is 74.8 Å². The number of aromatic nitrogens is 2. The summed E-state index contributed by atoms with van der Waals surface area (Å²) in [6.07, 6.45) is 7.14. The lowest BCUT2D eigenvalue weighted by Crippen LogP contribution is -2.55. The fourth-order valence-corrected chi connectivity index (χ4v) is 8.45. The Labute approximate surface area is 265 Å². The van der Waals surface area contributed by atoms with Crippen LogP contribution >= 0.6 is 11.6 Å². The number of halogens is 2. The second-order valence-corrected chi connectivity index (χ2v) is 13.8. The molecule has 7 nitrogen and oxygen atoms in total. The Morgan fingerprint density at radius 1 is 1.05 bits per heavy atom. The van der Waals surface area contributed by atoms with Crippen LogP contribution in [0.25, 0.3) is 11.0 Å². The molecular weight excluding hydrogens is 577 g/mol. The molecule has 2 aromatic carbocycles. The molecule has 6 rings (SSSR count). The molecule has 1 N–H and O–H groups in total. The number of piperidine rings is 2. The minimum atomic E-state index is -0.601. The summed E-state index contributed by atoms with van der Waals surface area (Å²) < 4.78 is 17.0. The summed E-state index contributed by atoms with van der Waals surface area (Å²) >= 11 is 5.72. The largest absolute Gasteiger partial charge is 0.343 e. The van der Waals surface area contributed by atoms with E-state index in [0.717, 1.165) is 55.6 Å². The maximum absolute atomic E-state index is 14.6. The van der Waals surface area contributed by atoms with Crippen molar-refractivity contribution >= 4 is 34.4 Å². The normalized spacial score (nSPS) is 24.1. The van der Waals surface area contributed by atoms with Crippen LogP contribution in [-0.2, 0) is 15.0 Å². The van der Waals surface area contributed by atoms with Crippen LogP contribution < -0.4 is 5.32 Å². The highest BCUT2D eigenvalue weighted by molar-refractivity contribution is 6.27. The van der Waals surface area contributed by atoms with Gasteiger partial charge in [-0.15, -0.1) is 11.6 Å². The van der Waals surface area contributed by atoms with Crippen molar-refractivity contribution in [3.8, 4) is 0 Å². The van der Waals surface area contributed by atoms with Crippen LogP contribution in [0.15, 0.2) is 48.5 Å². The van der Waals surface area contributed by atoms with Crippen LogP contribution in [0.5, 0.6) is 0 Å². The Hall–Kier alpha value is -2.97. The van der Waals surface area contributed by atoms with E-state index in [1.54, 1.807) is 6.07 Å². The molecule has 4 heterocycles. The smallest absolute Gasteiger partial charge is 0.245 e. The second kappa shape index (κ2) is 12.8. The number of alkyl halides is 1. The number of rotatable bonds is 9. The first-order valence-corrected chi connectivity index (χ1v) is 16.8. The van der Waals surface area contributed by atoms with Gasteiger partial charge < -0.3 is 14.8 Å². The molecule has 3 aliphatic rings. The van der Waals surface area contributed by atoms with E-state index in [4.69, 9.17) is 16.6 Å². The molecule has 0 aliphatic carbocycles. The van der Waals surface area contributed by atoms with Crippen LogP contribution in [0.3, 0.4) is 0 Å². The summed E-state index contributed by atoms with van der Waals surface area (Å²) in [5.41, 5.74) is 3.13. The molecule has 236 valence electrons. The minimum absolute atomic E-state index is 0.0490. The van der Waals surface area contributed by atoms with Gasteiger partial charge in [0.25, 0.3) is 0 Å². The molecule has 4 atom stereocenters. The Kier molecular flexibility index (Phi) is 9.02. The van der Waals surface area contributed by atoms with Crippen LogP contribution in [0, 0.1) is 18.7 Å². The van der Waals surface area contributed by atoms with Gasteiger partial charge in [-0.1, -0.05) is 38.1 Å². The highest BCUT2D eigenvalue weighted by Crippen LogP contribution is 2.45. The zero-order valence-electron chi connectivity index (χ0n) is 26.1. The number of imidazole rings is 1. The Balaban J connectivity index is 1.17. The lowest BCUT2D eigenvalue weighted by Gasteiger charge is -2.46. The van der Waals surface area contributed by atoms with Crippen molar-refractivity contribution < 1.29 is 14.0 Å². The Morgan fingerprint density at radius 3 is 2.41 bits per heavy atom. The molecule has 0 saturated carbocycles. The molecule has 3 aromatic rings. The summed E-state index contributed by atoms with van der Waals surface area (Å²) in [6.45, 7) is 8.13. The first-order valence-electron chi connectivity index (χ1n) is 16.3. The quantitative estimate of drug-likeness (QED) is 0.299. The molecule has 0 spiro atoms. The molecule has 3 aliphatic heterocycles. The van der Waals surface area contributed by atoms with E-state index in [0.29, 0.717) is 31.2 Å². The van der Waals surface area contributed by atoms with Gasteiger partial charge >= 0.3 is 0 Å². The van der Waals surface area contributed by atoms with Gasteiger partial charge in [-0.25, -0.2) is 9.37 Å². The fraction of sp³-hybridized carbons (Fsp3) is 0.571. The van der Waals surface area contributed by atoms with Crippen molar-refractivity contribution in [3.63, 3.8) is 0 Å². The second-order valence-electron chi connectivity index (χ2n) is 13.6. The van der Waals surface area contributed by atoms with Gasteiger partial charge in [0.1, 0.15) is 23.6 Å². The molecule has 3 saturated heterocycles. The van der Waals surface area contributed by atoms with E-state index in [2.05, 4.69) is 52.0 Å². The lowest BCUT2D eigenvalue weighted by atomic mass is 9.70. The zero-order chi connectivity index (χ0) is 31.0. The van der Waals surface area contributed by atoms with E-state index < -0.39 is 6.04 Å².